The van der Waals surface area contributed by atoms with Crippen molar-refractivity contribution in [1.82, 2.24) is 10.2 Å². The van der Waals surface area contributed by atoms with Gasteiger partial charge in [-0.2, -0.15) is 4.39 Å². The molecule has 0 aliphatic heterocycles. The highest BCUT2D eigenvalue weighted by molar-refractivity contribution is 8.01. The molecule has 0 bridgehead atoms. The zero-order valence-electron chi connectivity index (χ0n) is 10.7. The summed E-state index contributed by atoms with van der Waals surface area (Å²) in [6.07, 6.45) is 0. The van der Waals surface area contributed by atoms with Crippen LogP contribution in [-0.4, -0.2) is 26.8 Å². The van der Waals surface area contributed by atoms with E-state index >= 15 is 0 Å². The van der Waals surface area contributed by atoms with Crippen LogP contribution in [0.5, 0.6) is 0 Å². The van der Waals surface area contributed by atoms with Crippen molar-refractivity contribution in [2.45, 2.75) is 11.3 Å². The average molecular weight is 328 g/mol. The van der Waals surface area contributed by atoms with Crippen LogP contribution < -0.4 is 5.32 Å². The van der Waals surface area contributed by atoms with Gasteiger partial charge < -0.3 is 5.32 Å². The topological polar surface area (TPSA) is 98.0 Å². The van der Waals surface area contributed by atoms with Gasteiger partial charge in [0.1, 0.15) is 5.01 Å². The minimum atomic E-state index is -0.947. The molecule has 0 fully saturated rings. The van der Waals surface area contributed by atoms with Gasteiger partial charge >= 0.3 is 5.69 Å². The first-order valence-corrected chi connectivity index (χ1v) is 7.42. The maximum atomic E-state index is 13.2. The smallest absolute Gasteiger partial charge is 0.306 e. The Bertz CT molecular complexity index is 692. The molecule has 0 aliphatic rings. The number of hydrogen-bond donors (Lipinski definition) is 1. The summed E-state index contributed by atoms with van der Waals surface area (Å²) < 4.78 is 13.8. The van der Waals surface area contributed by atoms with E-state index in [-0.39, 0.29) is 17.3 Å². The lowest BCUT2D eigenvalue weighted by molar-refractivity contribution is -0.387. The predicted octanol–water partition coefficient (Wildman–Crippen LogP) is 2.62. The van der Waals surface area contributed by atoms with E-state index < -0.39 is 16.4 Å². The van der Waals surface area contributed by atoms with E-state index in [1.165, 1.54) is 29.2 Å². The van der Waals surface area contributed by atoms with E-state index in [0.717, 1.165) is 17.1 Å². The van der Waals surface area contributed by atoms with Crippen molar-refractivity contribution in [1.29, 1.82) is 0 Å². The second-order valence-electron chi connectivity index (χ2n) is 3.85. The summed E-state index contributed by atoms with van der Waals surface area (Å²) in [4.78, 5) is 21.5. The number of nitro groups is 1. The van der Waals surface area contributed by atoms with Crippen LogP contribution in [0.25, 0.3) is 0 Å². The third-order valence-corrected chi connectivity index (χ3v) is 4.23. The molecule has 0 aliphatic carbocycles. The number of nitrogens with one attached hydrogen (secondary N) is 1. The molecule has 0 spiro atoms. The maximum absolute atomic E-state index is 13.2. The number of halogens is 1. The summed E-state index contributed by atoms with van der Waals surface area (Å²) in [5.41, 5.74) is -0.512. The summed E-state index contributed by atoms with van der Waals surface area (Å²) >= 11 is 2.57. The Morgan fingerprint density at radius 1 is 1.52 bits per heavy atom. The number of carbonyl (C=O) groups excluding carboxylic acids is 1. The van der Waals surface area contributed by atoms with Crippen LogP contribution in [0.15, 0.2) is 22.5 Å². The van der Waals surface area contributed by atoms with Gasteiger partial charge in [0.2, 0.25) is 11.7 Å². The number of nitrogens with zero attached hydrogens (tertiary/aromatic N) is 3. The maximum Gasteiger partial charge on any atom is 0.306 e. The number of hydrogen-bond acceptors (Lipinski definition) is 7. The van der Waals surface area contributed by atoms with Crippen LogP contribution in [0.3, 0.4) is 0 Å². The summed E-state index contributed by atoms with van der Waals surface area (Å²) in [7, 11) is 0. The summed E-state index contributed by atoms with van der Waals surface area (Å²) in [5, 5.41) is 21.5. The van der Waals surface area contributed by atoms with Gasteiger partial charge in [0.25, 0.3) is 0 Å². The first kappa shape index (κ1) is 15.3. The van der Waals surface area contributed by atoms with E-state index in [1.54, 1.807) is 6.92 Å². The standard InChI is InChI=1S/C11H9FN4O3S2/c1-6-14-15-11(21-6)20-5-10(17)13-7-2-3-8(12)9(4-7)16(18)19/h2-4H,5H2,1H3,(H,13,17). The minimum absolute atomic E-state index is 0.0831. The minimum Gasteiger partial charge on any atom is -0.325 e. The number of aromatic nitrogens is 2. The number of benzene rings is 1. The van der Waals surface area contributed by atoms with Crippen LogP contribution in [0.1, 0.15) is 5.01 Å². The van der Waals surface area contributed by atoms with E-state index in [2.05, 4.69) is 15.5 Å². The van der Waals surface area contributed by atoms with Crippen LogP contribution in [0.2, 0.25) is 0 Å². The molecule has 2 aromatic rings. The molecule has 7 nitrogen and oxygen atoms in total. The van der Waals surface area contributed by atoms with E-state index in [0.29, 0.717) is 4.34 Å². The largest absolute Gasteiger partial charge is 0.325 e. The van der Waals surface area contributed by atoms with Gasteiger partial charge in [-0.25, -0.2) is 0 Å². The van der Waals surface area contributed by atoms with Gasteiger partial charge in [0, 0.05) is 11.8 Å². The van der Waals surface area contributed by atoms with Crippen LogP contribution in [0, 0.1) is 22.9 Å². The van der Waals surface area contributed by atoms with Crippen molar-refractivity contribution in [3.63, 3.8) is 0 Å². The van der Waals surface area contributed by atoms with Gasteiger partial charge in [-0.05, 0) is 19.1 Å². The number of nitro benzene ring substituents is 1. The summed E-state index contributed by atoms with van der Waals surface area (Å²) in [5.74, 6) is -1.23. The van der Waals surface area contributed by atoms with Crippen molar-refractivity contribution in [2.75, 3.05) is 11.1 Å². The molecule has 110 valence electrons. The Labute approximate surface area is 126 Å². The predicted molar refractivity (Wildman–Crippen MR) is 77.1 cm³/mol. The van der Waals surface area contributed by atoms with Crippen molar-refractivity contribution < 1.29 is 14.1 Å². The fourth-order valence-electron chi connectivity index (χ4n) is 1.39. The second kappa shape index (κ2) is 6.59. The molecule has 1 heterocycles. The zero-order valence-corrected chi connectivity index (χ0v) is 12.3. The summed E-state index contributed by atoms with van der Waals surface area (Å²) in [6, 6.07) is 3.18. The first-order valence-electron chi connectivity index (χ1n) is 5.62. The Morgan fingerprint density at radius 2 is 2.29 bits per heavy atom. The molecule has 0 atom stereocenters. The molecule has 0 saturated carbocycles. The van der Waals surface area contributed by atoms with Crippen molar-refractivity contribution >= 4 is 40.4 Å². The van der Waals surface area contributed by atoms with Gasteiger partial charge in [0.15, 0.2) is 4.34 Å². The molecule has 1 aromatic heterocycles. The molecule has 1 amide bonds. The molecular weight excluding hydrogens is 319 g/mol. The van der Waals surface area contributed by atoms with E-state index in [9.17, 15) is 19.3 Å². The number of amides is 1. The number of anilines is 1. The normalized spacial score (nSPS) is 10.4. The Hall–Kier alpha value is -2.07. The van der Waals surface area contributed by atoms with Crippen molar-refractivity contribution in [3.05, 3.63) is 39.1 Å². The third-order valence-electron chi connectivity index (χ3n) is 2.26. The molecular formula is C11H9FN4O3S2. The lowest BCUT2D eigenvalue weighted by Crippen LogP contribution is -2.14. The van der Waals surface area contributed by atoms with Gasteiger partial charge in [-0.15, -0.1) is 10.2 Å². The van der Waals surface area contributed by atoms with Crippen LogP contribution in [-0.2, 0) is 4.79 Å². The number of aryl methyl sites for hydroxylation is 1. The van der Waals surface area contributed by atoms with E-state index in [4.69, 9.17) is 0 Å². The highest BCUT2D eigenvalue weighted by atomic mass is 32.2. The highest BCUT2D eigenvalue weighted by Crippen LogP contribution is 2.24. The fourth-order valence-corrected chi connectivity index (χ4v) is 3.01. The molecule has 1 N–H and O–H groups in total. The SMILES string of the molecule is Cc1nnc(SCC(=O)Nc2ccc(F)c([N+](=O)[O-])c2)s1. The van der Waals surface area contributed by atoms with Gasteiger partial charge in [-0.1, -0.05) is 23.1 Å². The third kappa shape index (κ3) is 4.20. The monoisotopic (exact) mass is 328 g/mol. The number of rotatable bonds is 5. The Kier molecular flexibility index (Phi) is 4.81. The first-order chi connectivity index (χ1) is 9.95. The molecule has 2 rings (SSSR count). The zero-order chi connectivity index (χ0) is 15.4. The Balaban J connectivity index is 1.96. The van der Waals surface area contributed by atoms with Gasteiger partial charge in [0.05, 0.1) is 10.7 Å². The molecule has 0 unspecified atom stereocenters. The van der Waals surface area contributed by atoms with Crippen molar-refractivity contribution in [2.24, 2.45) is 0 Å². The molecule has 1 aromatic carbocycles. The molecule has 21 heavy (non-hydrogen) atoms. The van der Waals surface area contributed by atoms with E-state index in [1.807, 2.05) is 0 Å². The van der Waals surface area contributed by atoms with Gasteiger partial charge in [-0.3, -0.25) is 14.9 Å². The Morgan fingerprint density at radius 3 is 2.90 bits per heavy atom. The number of thioether (sulfide) groups is 1. The van der Waals surface area contributed by atoms with Crippen LogP contribution in [0.4, 0.5) is 15.8 Å². The average Bonchev–Trinajstić information content (AvgIpc) is 2.84. The highest BCUT2D eigenvalue weighted by Gasteiger charge is 2.15. The summed E-state index contributed by atoms with van der Waals surface area (Å²) in [6.45, 7) is 1.81. The fraction of sp³-hybridized carbons (Fsp3) is 0.182. The lowest BCUT2D eigenvalue weighted by Gasteiger charge is -2.04. The number of carbonyl (C=O) groups is 1. The van der Waals surface area contributed by atoms with Crippen LogP contribution >= 0.6 is 23.1 Å². The molecule has 0 radical (unpaired) electrons. The lowest BCUT2D eigenvalue weighted by atomic mass is 10.2. The second-order valence-corrected chi connectivity index (χ2v) is 6.25. The quantitative estimate of drug-likeness (QED) is 0.515. The molecule has 10 heteroatoms. The van der Waals surface area contributed by atoms with Crippen molar-refractivity contribution in [3.8, 4) is 0 Å². The molecule has 0 saturated heterocycles.